The van der Waals surface area contributed by atoms with E-state index in [2.05, 4.69) is 4.90 Å². The van der Waals surface area contributed by atoms with E-state index in [1.165, 1.54) is 37.7 Å². The lowest BCUT2D eigenvalue weighted by atomic mass is 10.1. The highest BCUT2D eigenvalue weighted by molar-refractivity contribution is 7.22. The molecule has 0 bridgehead atoms. The number of morpholine rings is 1. The number of fused-ring (bicyclic) bond motifs is 1. The lowest BCUT2D eigenvalue weighted by Gasteiger charge is -2.27. The minimum atomic E-state index is -0.576. The van der Waals surface area contributed by atoms with Gasteiger partial charge in [0.05, 0.1) is 48.6 Å². The van der Waals surface area contributed by atoms with Crippen molar-refractivity contribution in [1.82, 2.24) is 9.88 Å². The van der Waals surface area contributed by atoms with Gasteiger partial charge in [0.25, 0.3) is 11.6 Å². The van der Waals surface area contributed by atoms with Gasteiger partial charge < -0.3 is 14.2 Å². The zero-order valence-corrected chi connectivity index (χ0v) is 21.7. The minimum Gasteiger partial charge on any atom is -0.493 e. The Morgan fingerprint density at radius 2 is 1.89 bits per heavy atom. The van der Waals surface area contributed by atoms with E-state index in [9.17, 15) is 14.9 Å². The Bertz CT molecular complexity index is 1270. The Labute approximate surface area is 213 Å². The van der Waals surface area contributed by atoms with Gasteiger partial charge in [-0.15, -0.1) is 0 Å². The quantitative estimate of drug-likeness (QED) is 0.309. The number of nitrogens with zero attached hydrogens (tertiary/aromatic N) is 4. The van der Waals surface area contributed by atoms with E-state index >= 15 is 0 Å². The first-order valence-electron chi connectivity index (χ1n) is 11.7. The van der Waals surface area contributed by atoms with Crippen LogP contribution < -0.4 is 14.4 Å². The van der Waals surface area contributed by atoms with Crippen molar-refractivity contribution < 1.29 is 23.9 Å². The molecule has 0 atom stereocenters. The summed E-state index contributed by atoms with van der Waals surface area (Å²) in [6, 6.07) is 6.62. The van der Waals surface area contributed by atoms with E-state index in [4.69, 9.17) is 19.2 Å². The summed E-state index contributed by atoms with van der Waals surface area (Å²) in [6.07, 6.45) is 0.681. The monoisotopic (exact) mass is 514 g/mol. The third kappa shape index (κ3) is 5.28. The highest BCUT2D eigenvalue weighted by Gasteiger charge is 2.30. The second-order valence-corrected chi connectivity index (χ2v) is 9.61. The minimum absolute atomic E-state index is 0.0730. The number of aromatic nitrogens is 1. The van der Waals surface area contributed by atoms with Gasteiger partial charge >= 0.3 is 0 Å². The number of ether oxygens (including phenoxy) is 3. The average molecular weight is 515 g/mol. The van der Waals surface area contributed by atoms with Crippen LogP contribution in [0.1, 0.15) is 27.9 Å². The molecule has 1 fully saturated rings. The summed E-state index contributed by atoms with van der Waals surface area (Å²) in [5.74, 6) is -0.0701. The highest BCUT2D eigenvalue weighted by Crippen LogP contribution is 2.37. The van der Waals surface area contributed by atoms with Crippen LogP contribution in [-0.2, 0) is 4.74 Å². The van der Waals surface area contributed by atoms with Crippen molar-refractivity contribution in [3.8, 4) is 11.5 Å². The number of hydrogen-bond donors (Lipinski definition) is 0. The molecule has 1 aliphatic rings. The first kappa shape index (κ1) is 25.8. The van der Waals surface area contributed by atoms with Gasteiger partial charge in [0.15, 0.2) is 16.6 Å². The molecule has 2 heterocycles. The standard InChI is InChI=1S/C25H30N4O6S/c1-16-6-7-22-23(17(16)2)26-25(36-22)28(9-5-8-27-10-12-35-13-11-27)24(30)18-14-20(33-3)21(34-4)15-19(18)29(31)32/h6-7,14-15H,5,8-13H2,1-4H3. The van der Waals surface area contributed by atoms with Gasteiger partial charge in [-0.05, 0) is 37.5 Å². The predicted octanol–water partition coefficient (Wildman–Crippen LogP) is 4.21. The number of methoxy groups -OCH3 is 2. The van der Waals surface area contributed by atoms with E-state index in [0.717, 1.165) is 41.0 Å². The number of rotatable bonds is 9. The summed E-state index contributed by atoms with van der Waals surface area (Å²) in [7, 11) is 2.82. The zero-order valence-electron chi connectivity index (χ0n) is 20.9. The number of amides is 1. The molecule has 0 unspecified atom stereocenters. The molecule has 1 amide bonds. The molecule has 1 aliphatic heterocycles. The first-order valence-corrected chi connectivity index (χ1v) is 12.5. The lowest BCUT2D eigenvalue weighted by Crippen LogP contribution is -2.39. The van der Waals surface area contributed by atoms with Crippen molar-refractivity contribution in [2.45, 2.75) is 20.3 Å². The van der Waals surface area contributed by atoms with Gasteiger partial charge in [-0.2, -0.15) is 0 Å². The number of carbonyl (C=O) groups is 1. The maximum absolute atomic E-state index is 13.9. The third-order valence-corrected chi connectivity index (χ3v) is 7.48. The van der Waals surface area contributed by atoms with Crippen molar-refractivity contribution in [2.24, 2.45) is 0 Å². The van der Waals surface area contributed by atoms with E-state index in [1.807, 2.05) is 26.0 Å². The lowest BCUT2D eigenvalue weighted by molar-refractivity contribution is -0.385. The molecule has 0 aliphatic carbocycles. The largest absolute Gasteiger partial charge is 0.493 e. The molecule has 2 aromatic carbocycles. The van der Waals surface area contributed by atoms with Crippen LogP contribution in [0.15, 0.2) is 24.3 Å². The van der Waals surface area contributed by atoms with Crippen LogP contribution >= 0.6 is 11.3 Å². The zero-order chi connectivity index (χ0) is 25.8. The van der Waals surface area contributed by atoms with Crippen molar-refractivity contribution in [3.63, 3.8) is 0 Å². The molecule has 36 heavy (non-hydrogen) atoms. The van der Waals surface area contributed by atoms with Gasteiger partial charge in [-0.3, -0.25) is 24.7 Å². The molecule has 192 valence electrons. The Balaban J connectivity index is 1.73. The molecule has 10 nitrogen and oxygen atoms in total. The number of nitro benzene ring substituents is 1. The smallest absolute Gasteiger partial charge is 0.286 e. The van der Waals surface area contributed by atoms with Gasteiger partial charge in [-0.1, -0.05) is 17.4 Å². The molecule has 0 N–H and O–H groups in total. The van der Waals surface area contributed by atoms with Crippen LogP contribution in [0.25, 0.3) is 10.2 Å². The molecule has 4 rings (SSSR count). The maximum atomic E-state index is 13.9. The van der Waals surface area contributed by atoms with Crippen molar-refractivity contribution in [2.75, 3.05) is 58.5 Å². The number of hydrogen-bond acceptors (Lipinski definition) is 9. The molecule has 1 aromatic heterocycles. The fourth-order valence-corrected chi connectivity index (χ4v) is 5.28. The maximum Gasteiger partial charge on any atom is 0.286 e. The number of aryl methyl sites for hydroxylation is 2. The van der Waals surface area contributed by atoms with Gasteiger partial charge in [-0.25, -0.2) is 4.98 Å². The van der Waals surface area contributed by atoms with Crippen LogP contribution in [-0.4, -0.2) is 74.3 Å². The van der Waals surface area contributed by atoms with E-state index in [-0.39, 0.29) is 22.7 Å². The Morgan fingerprint density at radius 3 is 2.56 bits per heavy atom. The molecule has 0 spiro atoms. The second kappa shape index (κ2) is 11.2. The normalized spacial score (nSPS) is 14.1. The van der Waals surface area contributed by atoms with Crippen LogP contribution in [0.3, 0.4) is 0 Å². The molecule has 0 radical (unpaired) electrons. The van der Waals surface area contributed by atoms with Gasteiger partial charge in [0.2, 0.25) is 0 Å². The van der Waals surface area contributed by atoms with Crippen molar-refractivity contribution in [3.05, 3.63) is 51.1 Å². The van der Waals surface area contributed by atoms with Crippen LogP contribution in [0, 0.1) is 24.0 Å². The Kier molecular flexibility index (Phi) is 8.02. The second-order valence-electron chi connectivity index (χ2n) is 8.60. The van der Waals surface area contributed by atoms with Crippen molar-refractivity contribution >= 4 is 38.3 Å². The van der Waals surface area contributed by atoms with Crippen LogP contribution in [0.5, 0.6) is 11.5 Å². The van der Waals surface area contributed by atoms with Crippen LogP contribution in [0.2, 0.25) is 0 Å². The molecule has 0 saturated carbocycles. The molecular weight excluding hydrogens is 484 g/mol. The summed E-state index contributed by atoms with van der Waals surface area (Å²) >= 11 is 1.40. The van der Waals surface area contributed by atoms with Crippen LogP contribution in [0.4, 0.5) is 10.8 Å². The fraction of sp³-hybridized carbons (Fsp3) is 0.440. The summed E-state index contributed by atoms with van der Waals surface area (Å²) < 4.78 is 16.9. The fourth-order valence-electron chi connectivity index (χ4n) is 4.23. The number of anilines is 1. The highest BCUT2D eigenvalue weighted by atomic mass is 32.1. The molecular formula is C25H30N4O6S. The summed E-state index contributed by atoms with van der Waals surface area (Å²) in [4.78, 5) is 33.9. The molecule has 3 aromatic rings. The van der Waals surface area contributed by atoms with E-state index in [1.54, 1.807) is 4.90 Å². The molecule has 11 heteroatoms. The molecule has 1 saturated heterocycles. The number of benzene rings is 2. The average Bonchev–Trinajstić information content (AvgIpc) is 3.33. The van der Waals surface area contributed by atoms with Gasteiger partial charge in [0.1, 0.15) is 5.56 Å². The summed E-state index contributed by atoms with van der Waals surface area (Å²) in [6.45, 7) is 8.23. The van der Waals surface area contributed by atoms with Crippen molar-refractivity contribution in [1.29, 1.82) is 0 Å². The summed E-state index contributed by atoms with van der Waals surface area (Å²) in [5, 5.41) is 12.4. The number of nitro groups is 1. The SMILES string of the molecule is COc1cc(C(=O)N(CCCN2CCOCC2)c2nc3c(C)c(C)ccc3s2)c([N+](=O)[O-])cc1OC. The Hall–Kier alpha value is -3.28. The first-order chi connectivity index (χ1) is 17.3. The third-order valence-electron chi connectivity index (χ3n) is 6.44. The predicted molar refractivity (Wildman–Crippen MR) is 139 cm³/mol. The summed E-state index contributed by atoms with van der Waals surface area (Å²) in [5.41, 5.74) is 2.58. The van der Waals surface area contributed by atoms with Gasteiger partial charge in [0, 0.05) is 32.2 Å². The number of carbonyl (C=O) groups excluding carboxylic acids is 1. The number of thiazole rings is 1. The van der Waals surface area contributed by atoms with E-state index < -0.39 is 10.8 Å². The Morgan fingerprint density at radius 1 is 1.19 bits per heavy atom. The van der Waals surface area contributed by atoms with E-state index in [0.29, 0.717) is 31.3 Å². The topological polar surface area (TPSA) is 107 Å².